The molecule has 2 fully saturated rings. The Labute approximate surface area is 259 Å². The Morgan fingerprint density at radius 3 is 2.62 bits per heavy atom. The van der Waals surface area contributed by atoms with E-state index in [0.29, 0.717) is 41.1 Å². The number of hydrogen-bond acceptors (Lipinski definition) is 9. The van der Waals surface area contributed by atoms with Gasteiger partial charge < -0.3 is 24.7 Å². The quantitative estimate of drug-likeness (QED) is 0.280. The summed E-state index contributed by atoms with van der Waals surface area (Å²) >= 11 is 3.08. The highest BCUT2D eigenvalue weighted by Crippen LogP contribution is 2.35. The summed E-state index contributed by atoms with van der Waals surface area (Å²) in [6, 6.07) is 0. The fourth-order valence-corrected chi connectivity index (χ4v) is 7.49. The maximum absolute atomic E-state index is 12.9. The van der Waals surface area contributed by atoms with Crippen LogP contribution in [0.5, 0.6) is 0 Å². The molecule has 1 saturated carbocycles. The van der Waals surface area contributed by atoms with Gasteiger partial charge in [-0.2, -0.15) is 0 Å². The minimum Gasteiger partial charge on any atom is -0.444 e. The molecular weight excluding hydrogens is 571 g/mol. The molecule has 2 aliphatic rings. The van der Waals surface area contributed by atoms with Gasteiger partial charge in [0.1, 0.15) is 12.4 Å². The molecular formula is C31H49N5O4S2. The molecule has 3 heterocycles. The molecule has 0 unspecified atom stereocenters. The molecule has 0 aromatic carbocycles. The Morgan fingerprint density at radius 2 is 1.93 bits per heavy atom. The molecule has 2 amide bonds. The van der Waals surface area contributed by atoms with Crippen LogP contribution < -0.4 is 10.6 Å². The lowest BCUT2D eigenvalue weighted by molar-refractivity contribution is -0.131. The summed E-state index contributed by atoms with van der Waals surface area (Å²) in [7, 11) is 0. The van der Waals surface area contributed by atoms with Gasteiger partial charge in [0.05, 0.1) is 28.5 Å². The zero-order valence-corrected chi connectivity index (χ0v) is 27.7. The molecule has 1 saturated heterocycles. The van der Waals surface area contributed by atoms with Crippen molar-refractivity contribution < 1.29 is 18.7 Å². The minimum absolute atomic E-state index is 0.0285. The second-order valence-electron chi connectivity index (χ2n) is 13.3. The third-order valence-corrected chi connectivity index (χ3v) is 10.5. The Hall–Kier alpha value is -1.95. The lowest BCUT2D eigenvalue weighted by Crippen LogP contribution is -2.43. The second kappa shape index (κ2) is 15.2. The average molecular weight is 620 g/mol. The first kappa shape index (κ1) is 33.0. The number of carbonyl (C=O) groups is 2. The highest BCUT2D eigenvalue weighted by Gasteiger charge is 2.32. The lowest BCUT2D eigenvalue weighted by Gasteiger charge is -2.37. The van der Waals surface area contributed by atoms with Crippen LogP contribution in [-0.4, -0.2) is 65.6 Å². The standard InChI is InChI=1S/C31H49N5O4S2/c1-20(2)23-8-7-21(3)15-24(23)39-18-26(37)32-11-14-36-12-9-22(10-13-36)29(38)35-30-34-17-28(42-30)41-19-27-33-16-25(40-27)31(4,5)6/h16-17,20-24H,7-15,18-19H2,1-6H3,(H,32,37)(H,34,35,38)/t21-,23+,24-/m1/s1. The lowest BCUT2D eigenvalue weighted by atomic mass is 9.75. The Kier molecular flexibility index (Phi) is 11.9. The molecule has 1 aliphatic heterocycles. The van der Waals surface area contributed by atoms with Crippen LogP contribution in [0.1, 0.15) is 85.3 Å². The average Bonchev–Trinajstić information content (AvgIpc) is 3.61. The van der Waals surface area contributed by atoms with Crippen LogP contribution in [-0.2, 0) is 25.5 Å². The van der Waals surface area contributed by atoms with Crippen molar-refractivity contribution in [2.45, 2.75) is 95.1 Å². The number of anilines is 1. The van der Waals surface area contributed by atoms with Crippen LogP contribution >= 0.6 is 23.1 Å². The number of nitrogens with one attached hydrogen (secondary N) is 2. The van der Waals surface area contributed by atoms with E-state index in [1.54, 1.807) is 24.2 Å². The van der Waals surface area contributed by atoms with Crippen molar-refractivity contribution in [2.24, 2.45) is 23.7 Å². The highest BCUT2D eigenvalue weighted by molar-refractivity contribution is 8.00. The number of oxazole rings is 1. The van der Waals surface area contributed by atoms with Gasteiger partial charge in [0, 0.05) is 24.4 Å². The molecule has 4 rings (SSSR count). The molecule has 2 aromatic rings. The zero-order valence-electron chi connectivity index (χ0n) is 26.1. The van der Waals surface area contributed by atoms with Gasteiger partial charge in [-0.25, -0.2) is 9.97 Å². The largest absolute Gasteiger partial charge is 0.444 e. The van der Waals surface area contributed by atoms with Gasteiger partial charge in [0.15, 0.2) is 5.13 Å². The molecule has 0 radical (unpaired) electrons. The summed E-state index contributed by atoms with van der Waals surface area (Å²) in [5.41, 5.74) is -0.0655. The summed E-state index contributed by atoms with van der Waals surface area (Å²) in [5.74, 6) is 3.93. The molecule has 2 aromatic heterocycles. The molecule has 0 bridgehead atoms. The van der Waals surface area contributed by atoms with Crippen molar-refractivity contribution in [3.05, 3.63) is 24.0 Å². The summed E-state index contributed by atoms with van der Waals surface area (Å²) in [6.45, 7) is 16.3. The number of amides is 2. The normalized spacial score (nSPS) is 22.4. The number of thioether (sulfide) groups is 1. The third-order valence-electron chi connectivity index (χ3n) is 8.44. The Morgan fingerprint density at radius 1 is 1.17 bits per heavy atom. The molecule has 3 atom stereocenters. The van der Waals surface area contributed by atoms with E-state index >= 15 is 0 Å². The van der Waals surface area contributed by atoms with E-state index in [9.17, 15) is 9.59 Å². The van der Waals surface area contributed by atoms with Crippen molar-refractivity contribution in [1.82, 2.24) is 20.2 Å². The van der Waals surface area contributed by atoms with E-state index in [2.05, 4.69) is 67.0 Å². The summed E-state index contributed by atoms with van der Waals surface area (Å²) in [4.78, 5) is 36.4. The van der Waals surface area contributed by atoms with Gasteiger partial charge in [-0.15, -0.1) is 11.8 Å². The van der Waals surface area contributed by atoms with Crippen LogP contribution in [0.2, 0.25) is 0 Å². The van der Waals surface area contributed by atoms with Crippen LogP contribution in [0.25, 0.3) is 0 Å². The first-order valence-corrected chi connectivity index (χ1v) is 17.2. The molecule has 42 heavy (non-hydrogen) atoms. The van der Waals surface area contributed by atoms with E-state index in [1.165, 1.54) is 24.2 Å². The topological polar surface area (TPSA) is 110 Å². The third kappa shape index (κ3) is 9.79. The van der Waals surface area contributed by atoms with Crippen molar-refractivity contribution in [1.29, 1.82) is 0 Å². The van der Waals surface area contributed by atoms with Gasteiger partial charge in [-0.05, 0) is 56.5 Å². The second-order valence-corrected chi connectivity index (χ2v) is 15.6. The predicted octanol–water partition coefficient (Wildman–Crippen LogP) is 5.97. The van der Waals surface area contributed by atoms with E-state index in [1.807, 2.05) is 0 Å². The van der Waals surface area contributed by atoms with E-state index in [-0.39, 0.29) is 35.9 Å². The predicted molar refractivity (Wildman–Crippen MR) is 169 cm³/mol. The zero-order chi connectivity index (χ0) is 30.3. The molecule has 11 heteroatoms. The van der Waals surface area contributed by atoms with Gasteiger partial charge in [-0.3, -0.25) is 9.59 Å². The molecule has 234 valence electrons. The number of nitrogens with zero attached hydrogens (tertiary/aromatic N) is 3. The van der Waals surface area contributed by atoms with Crippen molar-refractivity contribution in [3.63, 3.8) is 0 Å². The Balaban J connectivity index is 1.10. The minimum atomic E-state index is -0.0655. The van der Waals surface area contributed by atoms with Gasteiger partial charge in [-0.1, -0.05) is 59.3 Å². The van der Waals surface area contributed by atoms with E-state index in [0.717, 1.165) is 48.9 Å². The number of rotatable bonds is 12. The van der Waals surface area contributed by atoms with Crippen LogP contribution in [0.15, 0.2) is 21.0 Å². The number of hydrogen-bond donors (Lipinski definition) is 2. The monoisotopic (exact) mass is 619 g/mol. The number of aromatic nitrogens is 2. The van der Waals surface area contributed by atoms with E-state index < -0.39 is 0 Å². The summed E-state index contributed by atoms with van der Waals surface area (Å²) < 4.78 is 13.0. The number of thiazole rings is 1. The number of carbonyl (C=O) groups excluding carboxylic acids is 2. The molecule has 0 spiro atoms. The maximum atomic E-state index is 12.9. The first-order valence-electron chi connectivity index (χ1n) is 15.4. The van der Waals surface area contributed by atoms with Crippen molar-refractivity contribution in [2.75, 3.05) is 38.1 Å². The molecule has 9 nitrogen and oxygen atoms in total. The smallest absolute Gasteiger partial charge is 0.246 e. The van der Waals surface area contributed by atoms with Gasteiger partial charge >= 0.3 is 0 Å². The number of likely N-dealkylation sites (tertiary alicyclic amines) is 1. The van der Waals surface area contributed by atoms with Crippen LogP contribution in [0.3, 0.4) is 0 Å². The fourth-order valence-electron chi connectivity index (χ4n) is 5.76. The van der Waals surface area contributed by atoms with Crippen molar-refractivity contribution in [3.8, 4) is 0 Å². The van der Waals surface area contributed by atoms with E-state index in [4.69, 9.17) is 9.15 Å². The molecule has 2 N–H and O–H groups in total. The number of ether oxygens (including phenoxy) is 1. The maximum Gasteiger partial charge on any atom is 0.246 e. The molecule has 1 aliphatic carbocycles. The van der Waals surface area contributed by atoms with Gasteiger partial charge in [0.2, 0.25) is 17.7 Å². The first-order chi connectivity index (χ1) is 20.0. The SMILES string of the molecule is CC(C)[C@@H]1CC[C@@H](C)C[C@H]1OCC(=O)NCCN1CCC(C(=O)Nc2ncc(SCc3ncc(C(C)(C)C)o3)s2)CC1. The highest BCUT2D eigenvalue weighted by atomic mass is 32.2. The van der Waals surface area contributed by atoms with Crippen molar-refractivity contribution >= 4 is 40.0 Å². The Bertz CT molecular complexity index is 1150. The number of piperidine rings is 1. The summed E-state index contributed by atoms with van der Waals surface area (Å²) in [6.07, 6.45) is 8.85. The van der Waals surface area contributed by atoms with Crippen LogP contribution in [0, 0.1) is 23.7 Å². The fraction of sp³-hybridized carbons (Fsp3) is 0.742. The van der Waals surface area contributed by atoms with Gasteiger partial charge in [0.25, 0.3) is 0 Å². The summed E-state index contributed by atoms with van der Waals surface area (Å²) in [5, 5.41) is 6.65. The van der Waals surface area contributed by atoms with Crippen LogP contribution in [0.4, 0.5) is 5.13 Å².